The van der Waals surface area contributed by atoms with Gasteiger partial charge in [0.15, 0.2) is 0 Å². The number of thiophene rings is 1. The first-order chi connectivity index (χ1) is 9.16. The van der Waals surface area contributed by atoms with Crippen molar-refractivity contribution in [3.63, 3.8) is 0 Å². The molecule has 5 heteroatoms. The van der Waals surface area contributed by atoms with Crippen LogP contribution in [0.3, 0.4) is 0 Å². The number of rotatable bonds is 2. The van der Waals surface area contributed by atoms with Crippen LogP contribution in [0.1, 0.15) is 25.6 Å². The highest BCUT2D eigenvalue weighted by atomic mass is 32.1. The second kappa shape index (κ2) is 4.51. The zero-order chi connectivity index (χ0) is 13.4. The van der Waals surface area contributed by atoms with Crippen LogP contribution in [0.25, 0.3) is 0 Å². The Morgan fingerprint density at radius 3 is 2.79 bits per heavy atom. The molecule has 1 N–H and O–H groups in total. The Hall–Kier alpha value is -2.14. The minimum Gasteiger partial charge on any atom is -0.478 e. The highest BCUT2D eigenvalue weighted by molar-refractivity contribution is 7.12. The van der Waals surface area contributed by atoms with Gasteiger partial charge in [0.1, 0.15) is 0 Å². The molecule has 0 fully saturated rings. The molecule has 96 valence electrons. The lowest BCUT2D eigenvalue weighted by Gasteiger charge is -2.16. The molecule has 1 aliphatic heterocycles. The van der Waals surface area contributed by atoms with Gasteiger partial charge in [-0.25, -0.2) is 4.79 Å². The first-order valence-electron chi connectivity index (χ1n) is 5.88. The number of aromatic carboxylic acids is 1. The number of carboxylic acid groups (broad SMARTS) is 1. The summed E-state index contributed by atoms with van der Waals surface area (Å²) in [6, 6.07) is 8.57. The van der Waals surface area contributed by atoms with Crippen molar-refractivity contribution in [2.24, 2.45) is 0 Å². The van der Waals surface area contributed by atoms with Crippen LogP contribution in [0.15, 0.2) is 35.7 Å². The average molecular weight is 273 g/mol. The van der Waals surface area contributed by atoms with E-state index in [-0.39, 0.29) is 11.5 Å². The zero-order valence-electron chi connectivity index (χ0n) is 10.00. The largest absolute Gasteiger partial charge is 0.478 e. The number of carboxylic acids is 1. The molecule has 2 heterocycles. The molecule has 0 spiro atoms. The summed E-state index contributed by atoms with van der Waals surface area (Å²) >= 11 is 1.42. The van der Waals surface area contributed by atoms with Crippen molar-refractivity contribution >= 4 is 28.9 Å². The molecule has 1 amide bonds. The molecule has 0 saturated carbocycles. The van der Waals surface area contributed by atoms with E-state index < -0.39 is 5.97 Å². The Balaban J connectivity index is 1.94. The number of fused-ring (bicyclic) bond motifs is 1. The normalized spacial score (nSPS) is 13.4. The molecule has 0 saturated heterocycles. The van der Waals surface area contributed by atoms with E-state index in [1.165, 1.54) is 11.3 Å². The maximum Gasteiger partial charge on any atom is 0.335 e. The van der Waals surface area contributed by atoms with E-state index in [1.807, 2.05) is 11.4 Å². The number of nitrogens with zero attached hydrogens (tertiary/aromatic N) is 1. The fourth-order valence-corrected chi connectivity index (χ4v) is 2.95. The molecule has 0 atom stereocenters. The van der Waals surface area contributed by atoms with Gasteiger partial charge < -0.3 is 10.0 Å². The molecular weight excluding hydrogens is 262 g/mol. The van der Waals surface area contributed by atoms with Crippen LogP contribution in [0, 0.1) is 0 Å². The van der Waals surface area contributed by atoms with E-state index in [2.05, 4.69) is 0 Å². The summed E-state index contributed by atoms with van der Waals surface area (Å²) in [5.74, 6) is -0.956. The molecule has 0 unspecified atom stereocenters. The first-order valence-corrected chi connectivity index (χ1v) is 6.76. The highest BCUT2D eigenvalue weighted by Gasteiger charge is 2.26. The molecule has 0 aliphatic carbocycles. The fourth-order valence-electron chi connectivity index (χ4n) is 2.28. The second-order valence-electron chi connectivity index (χ2n) is 4.33. The minimum atomic E-state index is -0.939. The number of hydrogen-bond acceptors (Lipinski definition) is 3. The molecule has 4 nitrogen and oxygen atoms in total. The molecular formula is C14H11NO3S. The minimum absolute atomic E-state index is 0.0168. The van der Waals surface area contributed by atoms with E-state index in [9.17, 15) is 9.59 Å². The van der Waals surface area contributed by atoms with Gasteiger partial charge in [-0.1, -0.05) is 6.07 Å². The summed E-state index contributed by atoms with van der Waals surface area (Å²) in [4.78, 5) is 25.7. The van der Waals surface area contributed by atoms with Gasteiger partial charge in [-0.15, -0.1) is 11.3 Å². The average Bonchev–Trinajstić information content (AvgIpc) is 3.06. The monoisotopic (exact) mass is 273 g/mol. The Morgan fingerprint density at radius 2 is 2.11 bits per heavy atom. The van der Waals surface area contributed by atoms with Crippen molar-refractivity contribution in [1.82, 2.24) is 0 Å². The summed E-state index contributed by atoms with van der Waals surface area (Å²) in [5.41, 5.74) is 2.01. The third-order valence-electron chi connectivity index (χ3n) is 3.20. The van der Waals surface area contributed by atoms with Crippen LogP contribution in [0.5, 0.6) is 0 Å². The number of carbonyl (C=O) groups is 2. The van der Waals surface area contributed by atoms with E-state index in [0.29, 0.717) is 17.8 Å². The molecule has 1 aliphatic rings. The molecule has 19 heavy (non-hydrogen) atoms. The summed E-state index contributed by atoms with van der Waals surface area (Å²) in [5, 5.41) is 10.8. The first kappa shape index (κ1) is 11.9. The number of hydrogen-bond donors (Lipinski definition) is 1. The lowest BCUT2D eigenvalue weighted by atomic mass is 10.1. The van der Waals surface area contributed by atoms with Gasteiger partial charge in [-0.05, 0) is 41.6 Å². The lowest BCUT2D eigenvalue weighted by Crippen LogP contribution is -2.28. The van der Waals surface area contributed by atoms with E-state index >= 15 is 0 Å². The standard InChI is InChI=1S/C14H11NO3S/c16-13(12-2-1-7-19-12)15-6-5-9-8-10(14(17)18)3-4-11(9)15/h1-4,7-8H,5-6H2,(H,17,18). The summed E-state index contributed by atoms with van der Waals surface area (Å²) in [6.07, 6.45) is 0.702. The van der Waals surface area contributed by atoms with Gasteiger partial charge in [0.2, 0.25) is 0 Å². The number of carbonyl (C=O) groups excluding carboxylic acids is 1. The molecule has 0 radical (unpaired) electrons. The summed E-state index contributed by atoms with van der Waals surface area (Å²) < 4.78 is 0. The van der Waals surface area contributed by atoms with Crippen molar-refractivity contribution in [2.75, 3.05) is 11.4 Å². The predicted molar refractivity (Wildman–Crippen MR) is 73.1 cm³/mol. The maximum absolute atomic E-state index is 12.3. The molecule has 1 aromatic carbocycles. The second-order valence-corrected chi connectivity index (χ2v) is 5.28. The van der Waals surface area contributed by atoms with Crippen LogP contribution in [-0.2, 0) is 6.42 Å². The van der Waals surface area contributed by atoms with Crippen LogP contribution in [0.4, 0.5) is 5.69 Å². The Labute approximate surface area is 113 Å². The quantitative estimate of drug-likeness (QED) is 0.915. The van der Waals surface area contributed by atoms with Gasteiger partial charge in [0, 0.05) is 12.2 Å². The third-order valence-corrected chi connectivity index (χ3v) is 4.06. The summed E-state index contributed by atoms with van der Waals surface area (Å²) in [7, 11) is 0. The van der Waals surface area contributed by atoms with E-state index in [4.69, 9.17) is 5.11 Å². The highest BCUT2D eigenvalue weighted by Crippen LogP contribution is 2.30. The Morgan fingerprint density at radius 1 is 1.26 bits per heavy atom. The lowest BCUT2D eigenvalue weighted by molar-refractivity contribution is 0.0696. The van der Waals surface area contributed by atoms with Crippen molar-refractivity contribution in [3.05, 3.63) is 51.7 Å². The van der Waals surface area contributed by atoms with E-state index in [1.54, 1.807) is 29.2 Å². The van der Waals surface area contributed by atoms with Gasteiger partial charge in [-0.2, -0.15) is 0 Å². The van der Waals surface area contributed by atoms with Crippen LogP contribution < -0.4 is 4.90 Å². The topological polar surface area (TPSA) is 57.6 Å². The van der Waals surface area contributed by atoms with Crippen LogP contribution in [0.2, 0.25) is 0 Å². The van der Waals surface area contributed by atoms with Gasteiger partial charge in [0.05, 0.1) is 10.4 Å². The van der Waals surface area contributed by atoms with Gasteiger partial charge >= 0.3 is 5.97 Å². The SMILES string of the molecule is O=C(O)c1ccc2c(c1)CCN2C(=O)c1cccs1. The maximum atomic E-state index is 12.3. The van der Waals surface area contributed by atoms with Crippen LogP contribution >= 0.6 is 11.3 Å². The number of anilines is 1. The molecule has 3 rings (SSSR count). The van der Waals surface area contributed by atoms with E-state index in [0.717, 1.165) is 11.3 Å². The summed E-state index contributed by atoms with van der Waals surface area (Å²) in [6.45, 7) is 0.606. The number of benzene rings is 1. The van der Waals surface area contributed by atoms with Crippen molar-refractivity contribution in [2.45, 2.75) is 6.42 Å². The van der Waals surface area contributed by atoms with Crippen molar-refractivity contribution in [3.8, 4) is 0 Å². The smallest absolute Gasteiger partial charge is 0.335 e. The molecule has 0 bridgehead atoms. The zero-order valence-corrected chi connectivity index (χ0v) is 10.8. The Kier molecular flexibility index (Phi) is 2.83. The van der Waals surface area contributed by atoms with Gasteiger partial charge in [-0.3, -0.25) is 4.79 Å². The Bertz CT molecular complexity index is 649. The molecule has 1 aromatic heterocycles. The van der Waals surface area contributed by atoms with Crippen molar-refractivity contribution in [1.29, 1.82) is 0 Å². The predicted octanol–water partition coefficient (Wildman–Crippen LogP) is 2.65. The number of amides is 1. The third kappa shape index (κ3) is 2.02. The van der Waals surface area contributed by atoms with Gasteiger partial charge in [0.25, 0.3) is 5.91 Å². The fraction of sp³-hybridized carbons (Fsp3) is 0.143. The van der Waals surface area contributed by atoms with Crippen LogP contribution in [-0.4, -0.2) is 23.5 Å². The molecule has 2 aromatic rings. The van der Waals surface area contributed by atoms with Crippen molar-refractivity contribution < 1.29 is 14.7 Å².